The third-order valence-corrected chi connectivity index (χ3v) is 2.10. The van der Waals surface area contributed by atoms with Gasteiger partial charge in [-0.05, 0) is 12.1 Å². The van der Waals surface area contributed by atoms with Crippen LogP contribution in [0.25, 0.3) is 0 Å². The van der Waals surface area contributed by atoms with Crippen LogP contribution < -0.4 is 4.74 Å². The Balaban J connectivity index is 2.83. The van der Waals surface area contributed by atoms with Gasteiger partial charge in [-0.15, -0.1) is 0 Å². The normalized spacial score (nSPS) is 9.31. The zero-order valence-electron chi connectivity index (χ0n) is 9.30. The third-order valence-electron chi connectivity index (χ3n) is 2.10. The molecule has 0 unspecified atom stereocenters. The summed E-state index contributed by atoms with van der Waals surface area (Å²) in [5, 5.41) is 8.44. The van der Waals surface area contributed by atoms with E-state index in [1.807, 2.05) is 6.07 Å². The van der Waals surface area contributed by atoms with Crippen LogP contribution in [0.5, 0.6) is 5.88 Å². The van der Waals surface area contributed by atoms with E-state index in [9.17, 15) is 4.79 Å². The molecule has 0 fully saturated rings. The minimum absolute atomic E-state index is 0.194. The average Bonchev–Trinajstić information content (AvgIpc) is 2.34. The molecule has 1 aromatic heterocycles. The van der Waals surface area contributed by atoms with Gasteiger partial charge in [0.2, 0.25) is 5.88 Å². The van der Waals surface area contributed by atoms with Crippen LogP contribution in [-0.2, 0) is 0 Å². The maximum absolute atomic E-state index is 11.9. The van der Waals surface area contributed by atoms with Crippen molar-refractivity contribution >= 4 is 5.91 Å². The summed E-state index contributed by atoms with van der Waals surface area (Å²) < 4.78 is 5.00. The number of amides is 1. The molecule has 0 bridgehead atoms. The van der Waals surface area contributed by atoms with Crippen LogP contribution in [0, 0.1) is 11.3 Å². The highest BCUT2D eigenvalue weighted by atomic mass is 16.5. The van der Waals surface area contributed by atoms with Gasteiger partial charge in [-0.3, -0.25) is 4.79 Å². The van der Waals surface area contributed by atoms with Gasteiger partial charge in [0, 0.05) is 19.8 Å². The van der Waals surface area contributed by atoms with E-state index in [0.29, 0.717) is 24.4 Å². The number of ether oxygens (including phenoxy) is 1. The Bertz CT molecular complexity index is 412. The van der Waals surface area contributed by atoms with E-state index in [-0.39, 0.29) is 5.91 Å². The highest BCUT2D eigenvalue weighted by Gasteiger charge is 2.16. The lowest BCUT2D eigenvalue weighted by Gasteiger charge is -2.16. The SMILES string of the molecule is COc1ncccc1C(=O)N(C)CCC#N. The Morgan fingerprint density at radius 3 is 3.06 bits per heavy atom. The molecule has 0 saturated heterocycles. The largest absolute Gasteiger partial charge is 0.480 e. The van der Waals surface area contributed by atoms with Gasteiger partial charge in [0.05, 0.1) is 19.6 Å². The van der Waals surface area contributed by atoms with E-state index < -0.39 is 0 Å². The molecule has 5 heteroatoms. The Morgan fingerprint density at radius 2 is 2.44 bits per heavy atom. The topological polar surface area (TPSA) is 66.2 Å². The Kier molecular flexibility index (Phi) is 4.28. The van der Waals surface area contributed by atoms with Crippen LogP contribution in [0.1, 0.15) is 16.8 Å². The predicted molar refractivity (Wildman–Crippen MR) is 58.0 cm³/mol. The van der Waals surface area contributed by atoms with Gasteiger partial charge in [-0.1, -0.05) is 0 Å². The second kappa shape index (κ2) is 5.71. The second-order valence-corrected chi connectivity index (χ2v) is 3.20. The van der Waals surface area contributed by atoms with E-state index in [0.717, 1.165) is 0 Å². The summed E-state index contributed by atoms with van der Waals surface area (Å²) in [7, 11) is 3.11. The summed E-state index contributed by atoms with van der Waals surface area (Å²) >= 11 is 0. The van der Waals surface area contributed by atoms with Crippen LogP contribution >= 0.6 is 0 Å². The monoisotopic (exact) mass is 219 g/mol. The lowest BCUT2D eigenvalue weighted by Crippen LogP contribution is -2.28. The number of hydrogen-bond donors (Lipinski definition) is 0. The van der Waals surface area contributed by atoms with Gasteiger partial charge in [-0.25, -0.2) is 4.98 Å². The molecular formula is C11H13N3O2. The van der Waals surface area contributed by atoms with Gasteiger partial charge < -0.3 is 9.64 Å². The molecule has 0 aliphatic rings. The number of methoxy groups -OCH3 is 1. The molecule has 84 valence electrons. The molecule has 0 aliphatic carbocycles. The van der Waals surface area contributed by atoms with Crippen molar-refractivity contribution in [3.05, 3.63) is 23.9 Å². The van der Waals surface area contributed by atoms with Crippen molar-refractivity contribution in [1.29, 1.82) is 5.26 Å². The van der Waals surface area contributed by atoms with E-state index in [2.05, 4.69) is 4.98 Å². The van der Waals surface area contributed by atoms with Crippen LogP contribution in [-0.4, -0.2) is 36.5 Å². The first-order chi connectivity index (χ1) is 7.70. The number of nitriles is 1. The first-order valence-electron chi connectivity index (χ1n) is 4.82. The minimum Gasteiger partial charge on any atom is -0.480 e. The lowest BCUT2D eigenvalue weighted by molar-refractivity contribution is 0.0794. The molecule has 1 heterocycles. The van der Waals surface area contributed by atoms with Gasteiger partial charge >= 0.3 is 0 Å². The number of aromatic nitrogens is 1. The second-order valence-electron chi connectivity index (χ2n) is 3.20. The lowest BCUT2D eigenvalue weighted by atomic mass is 10.2. The summed E-state index contributed by atoms with van der Waals surface area (Å²) in [6, 6.07) is 5.32. The van der Waals surface area contributed by atoms with Crippen molar-refractivity contribution in [3.63, 3.8) is 0 Å². The summed E-state index contributed by atoms with van der Waals surface area (Å²) in [5.41, 5.74) is 0.408. The molecule has 16 heavy (non-hydrogen) atoms. The molecule has 0 aromatic carbocycles. The van der Waals surface area contributed by atoms with Crippen LogP contribution in [0.2, 0.25) is 0 Å². The molecule has 1 amide bonds. The molecule has 1 rings (SSSR count). The number of rotatable bonds is 4. The summed E-state index contributed by atoms with van der Waals surface area (Å²) in [5.74, 6) is 0.108. The quantitative estimate of drug-likeness (QED) is 0.759. The number of hydrogen-bond acceptors (Lipinski definition) is 4. The molecule has 0 saturated carbocycles. The average molecular weight is 219 g/mol. The van der Waals surface area contributed by atoms with E-state index in [4.69, 9.17) is 10.00 Å². The fraction of sp³-hybridized carbons (Fsp3) is 0.364. The predicted octanol–water partition coefficient (Wildman–Crippen LogP) is 1.08. The first-order valence-corrected chi connectivity index (χ1v) is 4.82. The van der Waals surface area contributed by atoms with Crippen molar-refractivity contribution in [2.75, 3.05) is 20.7 Å². The van der Waals surface area contributed by atoms with Crippen LogP contribution in [0.4, 0.5) is 0 Å². The van der Waals surface area contributed by atoms with Crippen molar-refractivity contribution in [2.45, 2.75) is 6.42 Å². The van der Waals surface area contributed by atoms with Crippen molar-refractivity contribution in [1.82, 2.24) is 9.88 Å². The molecule has 0 atom stereocenters. The zero-order chi connectivity index (χ0) is 12.0. The van der Waals surface area contributed by atoms with E-state index in [1.54, 1.807) is 25.4 Å². The van der Waals surface area contributed by atoms with Crippen LogP contribution in [0.15, 0.2) is 18.3 Å². The highest BCUT2D eigenvalue weighted by molar-refractivity contribution is 5.96. The van der Waals surface area contributed by atoms with Crippen molar-refractivity contribution in [3.8, 4) is 11.9 Å². The Labute approximate surface area is 94.3 Å². The maximum Gasteiger partial charge on any atom is 0.259 e. The Morgan fingerprint density at radius 1 is 1.69 bits per heavy atom. The third kappa shape index (κ3) is 2.70. The fourth-order valence-electron chi connectivity index (χ4n) is 1.24. The summed E-state index contributed by atoms with van der Waals surface area (Å²) in [4.78, 5) is 17.3. The molecule has 0 N–H and O–H groups in total. The number of carbonyl (C=O) groups is 1. The summed E-state index contributed by atoms with van der Waals surface area (Å²) in [6.45, 7) is 0.396. The van der Waals surface area contributed by atoms with Crippen molar-refractivity contribution in [2.24, 2.45) is 0 Å². The standard InChI is InChI=1S/C11H13N3O2/c1-14(8-4-6-12)11(15)9-5-3-7-13-10(9)16-2/h3,5,7H,4,8H2,1-2H3. The van der Waals surface area contributed by atoms with Crippen LogP contribution in [0.3, 0.4) is 0 Å². The van der Waals surface area contributed by atoms with Gasteiger partial charge in [0.15, 0.2) is 0 Å². The zero-order valence-corrected chi connectivity index (χ0v) is 9.30. The minimum atomic E-state index is -0.194. The first kappa shape index (κ1) is 12.0. The van der Waals surface area contributed by atoms with Gasteiger partial charge in [0.25, 0.3) is 5.91 Å². The summed E-state index contributed by atoms with van der Waals surface area (Å²) in [6.07, 6.45) is 1.87. The Hall–Kier alpha value is -2.09. The molecule has 5 nitrogen and oxygen atoms in total. The van der Waals surface area contributed by atoms with E-state index >= 15 is 0 Å². The molecule has 1 aromatic rings. The molecular weight excluding hydrogens is 206 g/mol. The number of carbonyl (C=O) groups excluding carboxylic acids is 1. The molecule has 0 aliphatic heterocycles. The van der Waals surface area contributed by atoms with Gasteiger partial charge in [0.1, 0.15) is 5.56 Å². The number of nitrogens with zero attached hydrogens (tertiary/aromatic N) is 3. The van der Waals surface area contributed by atoms with E-state index in [1.165, 1.54) is 12.0 Å². The van der Waals surface area contributed by atoms with Gasteiger partial charge in [-0.2, -0.15) is 5.26 Å². The highest BCUT2D eigenvalue weighted by Crippen LogP contribution is 2.15. The number of pyridine rings is 1. The molecule has 0 radical (unpaired) electrons. The van der Waals surface area contributed by atoms with Crippen molar-refractivity contribution < 1.29 is 9.53 Å². The maximum atomic E-state index is 11.9. The smallest absolute Gasteiger partial charge is 0.259 e. The fourth-order valence-corrected chi connectivity index (χ4v) is 1.24. The molecule has 0 spiro atoms.